The van der Waals surface area contributed by atoms with Crippen molar-refractivity contribution in [2.24, 2.45) is 0 Å². The van der Waals surface area contributed by atoms with Crippen LogP contribution in [0.15, 0.2) is 72.8 Å². The molecule has 0 N–H and O–H groups in total. The average Bonchev–Trinajstić information content (AvgIpc) is 2.70. The Kier molecular flexibility index (Phi) is 4.72. The lowest BCUT2D eigenvalue weighted by molar-refractivity contribution is 0.260. The van der Waals surface area contributed by atoms with E-state index >= 15 is 0 Å². The Morgan fingerprint density at radius 1 is 0.852 bits per heavy atom. The lowest BCUT2D eigenvalue weighted by atomic mass is 9.96. The molecule has 4 rings (SSSR count). The molecule has 0 saturated heterocycles. The van der Waals surface area contributed by atoms with E-state index in [-0.39, 0.29) is 6.10 Å². The van der Waals surface area contributed by atoms with Gasteiger partial charge in [-0.15, -0.1) is 0 Å². The third-order valence-corrected chi connectivity index (χ3v) is 5.12. The molecule has 0 radical (unpaired) electrons. The van der Waals surface area contributed by atoms with Crippen LogP contribution in [0.4, 0.5) is 0 Å². The highest BCUT2D eigenvalue weighted by molar-refractivity contribution is 5.75. The van der Waals surface area contributed by atoms with Gasteiger partial charge in [-0.2, -0.15) is 0 Å². The van der Waals surface area contributed by atoms with Crippen LogP contribution in [0.25, 0.3) is 16.7 Å². The monoisotopic (exact) mass is 356 g/mol. The molecular formula is C25H24O2. The summed E-state index contributed by atoms with van der Waals surface area (Å²) < 4.78 is 12.1. The summed E-state index contributed by atoms with van der Waals surface area (Å²) in [6.07, 6.45) is 2.20. The lowest BCUT2D eigenvalue weighted by Crippen LogP contribution is -2.18. The Morgan fingerprint density at radius 2 is 1.56 bits per heavy atom. The van der Waals surface area contributed by atoms with Crippen LogP contribution in [-0.2, 0) is 0 Å². The number of benzene rings is 3. The highest BCUT2D eigenvalue weighted by atomic mass is 16.5. The van der Waals surface area contributed by atoms with Crippen LogP contribution in [0.2, 0.25) is 0 Å². The third kappa shape index (κ3) is 3.61. The second-order valence-corrected chi connectivity index (χ2v) is 7.08. The first-order chi connectivity index (χ1) is 13.1. The maximum absolute atomic E-state index is 6.09. The van der Waals surface area contributed by atoms with Gasteiger partial charge in [-0.1, -0.05) is 54.6 Å². The van der Waals surface area contributed by atoms with E-state index in [4.69, 9.17) is 9.47 Å². The Labute approximate surface area is 161 Å². The molecule has 3 aromatic carbocycles. The molecule has 2 nitrogen and oxygen atoms in total. The predicted octanol–water partition coefficient (Wildman–Crippen LogP) is 6.21. The first-order valence-electron chi connectivity index (χ1n) is 9.38. The molecule has 136 valence electrons. The second-order valence-electron chi connectivity index (χ2n) is 7.08. The van der Waals surface area contributed by atoms with Crippen molar-refractivity contribution in [2.45, 2.75) is 26.9 Å². The van der Waals surface area contributed by atoms with Gasteiger partial charge in [-0.3, -0.25) is 0 Å². The Morgan fingerprint density at radius 3 is 2.30 bits per heavy atom. The topological polar surface area (TPSA) is 18.5 Å². The number of hydrogen-bond acceptors (Lipinski definition) is 2. The molecule has 2 heteroatoms. The molecule has 0 fully saturated rings. The van der Waals surface area contributed by atoms with Gasteiger partial charge in [0, 0.05) is 5.56 Å². The van der Waals surface area contributed by atoms with Crippen LogP contribution in [-0.4, -0.2) is 12.7 Å². The summed E-state index contributed by atoms with van der Waals surface area (Å²) in [7, 11) is 0. The molecule has 1 heterocycles. The maximum atomic E-state index is 6.09. The number of rotatable bonds is 4. The van der Waals surface area contributed by atoms with Crippen molar-refractivity contribution in [1.29, 1.82) is 0 Å². The quantitative estimate of drug-likeness (QED) is 0.553. The molecule has 0 spiro atoms. The molecular weight excluding hydrogens is 332 g/mol. The highest BCUT2D eigenvalue weighted by Gasteiger charge is 2.21. The van der Waals surface area contributed by atoms with Crippen LogP contribution < -0.4 is 9.47 Å². The fraction of sp³-hybridized carbons (Fsp3) is 0.200. The lowest BCUT2D eigenvalue weighted by Gasteiger charge is -2.25. The Balaban J connectivity index is 1.51. The van der Waals surface area contributed by atoms with Crippen LogP contribution in [0.3, 0.4) is 0 Å². The van der Waals surface area contributed by atoms with Crippen molar-refractivity contribution < 1.29 is 9.47 Å². The Bertz CT molecular complexity index is 969. The summed E-state index contributed by atoms with van der Waals surface area (Å²) in [6, 6.07) is 22.9. The summed E-state index contributed by atoms with van der Waals surface area (Å²) in [5.41, 5.74) is 7.18. The van der Waals surface area contributed by atoms with E-state index in [9.17, 15) is 0 Å². The summed E-state index contributed by atoms with van der Waals surface area (Å²) >= 11 is 0. The zero-order valence-corrected chi connectivity index (χ0v) is 16.0. The van der Waals surface area contributed by atoms with Crippen LogP contribution in [0.1, 0.15) is 23.6 Å². The zero-order valence-electron chi connectivity index (χ0n) is 16.0. The molecule has 0 bridgehead atoms. The van der Waals surface area contributed by atoms with E-state index in [0.29, 0.717) is 6.61 Å². The minimum atomic E-state index is 0.0528. The summed E-state index contributed by atoms with van der Waals surface area (Å²) in [4.78, 5) is 0. The van der Waals surface area contributed by atoms with Gasteiger partial charge >= 0.3 is 0 Å². The molecule has 0 aromatic heterocycles. The molecule has 0 amide bonds. The van der Waals surface area contributed by atoms with Gasteiger partial charge in [0.25, 0.3) is 0 Å². The maximum Gasteiger partial charge on any atom is 0.130 e. The van der Waals surface area contributed by atoms with Crippen molar-refractivity contribution in [3.63, 3.8) is 0 Å². The van der Waals surface area contributed by atoms with E-state index in [1.165, 1.54) is 27.8 Å². The molecule has 1 atom stereocenters. The van der Waals surface area contributed by atoms with Gasteiger partial charge in [0.1, 0.15) is 24.2 Å². The minimum absolute atomic E-state index is 0.0528. The van der Waals surface area contributed by atoms with Crippen molar-refractivity contribution >= 4 is 5.57 Å². The van der Waals surface area contributed by atoms with Gasteiger partial charge in [0.05, 0.1) is 0 Å². The fourth-order valence-corrected chi connectivity index (χ4v) is 3.45. The zero-order chi connectivity index (χ0) is 18.8. The van der Waals surface area contributed by atoms with E-state index in [0.717, 1.165) is 17.1 Å². The van der Waals surface area contributed by atoms with E-state index in [1.54, 1.807) is 0 Å². The molecule has 3 aromatic rings. The number of fused-ring (bicyclic) bond motifs is 1. The molecule has 0 saturated carbocycles. The largest absolute Gasteiger partial charge is 0.489 e. The van der Waals surface area contributed by atoms with Crippen molar-refractivity contribution in [3.8, 4) is 22.6 Å². The molecule has 0 unspecified atom stereocenters. The first kappa shape index (κ1) is 17.4. The molecule has 1 aliphatic rings. The number of hydrogen-bond donors (Lipinski definition) is 0. The van der Waals surface area contributed by atoms with Crippen molar-refractivity contribution in [2.75, 3.05) is 6.61 Å². The predicted molar refractivity (Wildman–Crippen MR) is 111 cm³/mol. The van der Waals surface area contributed by atoms with Crippen LogP contribution in [0.5, 0.6) is 11.5 Å². The van der Waals surface area contributed by atoms with Gasteiger partial charge < -0.3 is 9.47 Å². The molecule has 1 aliphatic heterocycles. The normalized spacial score (nSPS) is 15.5. The summed E-state index contributed by atoms with van der Waals surface area (Å²) in [5.74, 6) is 1.86. The standard InChI is InChI=1S/C25H24O2/c1-17-9-14-24-22(15-18(2)27-25(24)19(17)3)16-26-23-12-10-21(11-13-23)20-7-5-4-6-8-20/h4-15,18H,16H2,1-3H3/t18-/m1/s1. The summed E-state index contributed by atoms with van der Waals surface area (Å²) in [6.45, 7) is 6.84. The minimum Gasteiger partial charge on any atom is -0.489 e. The third-order valence-electron chi connectivity index (χ3n) is 5.12. The first-order valence-corrected chi connectivity index (χ1v) is 9.38. The smallest absolute Gasteiger partial charge is 0.130 e. The highest BCUT2D eigenvalue weighted by Crippen LogP contribution is 2.36. The molecule has 27 heavy (non-hydrogen) atoms. The molecule has 0 aliphatic carbocycles. The van der Waals surface area contributed by atoms with Gasteiger partial charge in [0.15, 0.2) is 0 Å². The SMILES string of the molecule is Cc1ccc2c(c1C)O[C@H](C)C=C2COc1ccc(-c2ccccc2)cc1. The summed E-state index contributed by atoms with van der Waals surface area (Å²) in [5, 5.41) is 0. The van der Waals surface area contributed by atoms with Gasteiger partial charge in [-0.25, -0.2) is 0 Å². The van der Waals surface area contributed by atoms with Crippen molar-refractivity contribution in [3.05, 3.63) is 89.5 Å². The Hall–Kier alpha value is -3.00. The number of ether oxygens (including phenoxy) is 2. The van der Waals surface area contributed by atoms with Crippen LogP contribution >= 0.6 is 0 Å². The van der Waals surface area contributed by atoms with Gasteiger partial charge in [0.2, 0.25) is 0 Å². The number of aryl methyl sites for hydroxylation is 1. The van der Waals surface area contributed by atoms with E-state index in [1.807, 2.05) is 18.2 Å². The van der Waals surface area contributed by atoms with Gasteiger partial charge in [-0.05, 0) is 66.8 Å². The van der Waals surface area contributed by atoms with Crippen molar-refractivity contribution in [1.82, 2.24) is 0 Å². The second kappa shape index (κ2) is 7.32. The average molecular weight is 356 g/mol. The van der Waals surface area contributed by atoms with E-state index < -0.39 is 0 Å². The van der Waals surface area contributed by atoms with E-state index in [2.05, 4.69) is 75.4 Å². The fourth-order valence-electron chi connectivity index (χ4n) is 3.45. The van der Waals surface area contributed by atoms with Crippen LogP contribution in [0, 0.1) is 13.8 Å².